The summed E-state index contributed by atoms with van der Waals surface area (Å²) in [5.41, 5.74) is 6.38. The number of carbonyl (C=O) groups is 2. The maximum absolute atomic E-state index is 12.4. The average molecular weight is 736 g/mol. The van der Waals surface area contributed by atoms with Crippen LogP contribution < -0.4 is 15.0 Å². The van der Waals surface area contributed by atoms with E-state index in [0.29, 0.717) is 58.3 Å². The Morgan fingerprint density at radius 2 is 1.83 bits per heavy atom. The van der Waals surface area contributed by atoms with Crippen LogP contribution in [0.4, 0.5) is 5.69 Å². The lowest BCUT2D eigenvalue weighted by atomic mass is 9.90. The molecule has 276 valence electrons. The average Bonchev–Trinajstić information content (AvgIpc) is 3.73. The Labute approximate surface area is 314 Å². The monoisotopic (exact) mass is 735 g/mol. The van der Waals surface area contributed by atoms with Gasteiger partial charge in [-0.2, -0.15) is 5.10 Å². The van der Waals surface area contributed by atoms with Crippen molar-refractivity contribution in [2.24, 2.45) is 13.0 Å². The molecule has 2 amide bonds. The van der Waals surface area contributed by atoms with Gasteiger partial charge in [0.15, 0.2) is 11.4 Å². The summed E-state index contributed by atoms with van der Waals surface area (Å²) in [4.78, 5) is 44.2. The maximum Gasteiger partial charge on any atom is 0.234 e. The predicted octanol–water partition coefficient (Wildman–Crippen LogP) is 6.06. The fraction of sp³-hybridized carbons (Fsp3) is 0.425. The third-order valence-corrected chi connectivity index (χ3v) is 11.4. The van der Waals surface area contributed by atoms with E-state index in [9.17, 15) is 9.59 Å². The molecule has 3 aliphatic heterocycles. The van der Waals surface area contributed by atoms with E-state index in [1.54, 1.807) is 10.9 Å². The molecule has 2 N–H and O–H groups in total. The molecule has 0 bridgehead atoms. The standard InChI is InChI=1S/C40H46ClN9O3/c1-25-21-48(22-28-13-15-49(16-14-28)30-6-4-5-29(19-30)32-11-12-35(51)43-40(32)52)17-18-50(25)23-27-7-9-31(10-8-27)53-37-34(41)20-42-39-36(37)44-38(45-39)33-24-47(3)46-26(33)2/h4-10,19-20,24-25,28,32H,11-18,21-23H2,1-3H3,(H,42,44,45)(H,43,51,52)/t25-,32-/m1/s1. The van der Waals surface area contributed by atoms with Crippen molar-refractivity contribution >= 4 is 40.3 Å². The number of imide groups is 1. The van der Waals surface area contributed by atoms with Gasteiger partial charge in [0.05, 0.1) is 23.4 Å². The van der Waals surface area contributed by atoms with Gasteiger partial charge in [0.2, 0.25) is 11.8 Å². The lowest BCUT2D eigenvalue weighted by Crippen LogP contribution is -2.52. The van der Waals surface area contributed by atoms with Crippen LogP contribution in [0.1, 0.15) is 55.3 Å². The predicted molar refractivity (Wildman–Crippen MR) is 205 cm³/mol. The smallest absolute Gasteiger partial charge is 0.234 e. The number of piperidine rings is 2. The molecule has 3 aromatic heterocycles. The highest BCUT2D eigenvalue weighted by Gasteiger charge is 2.30. The Bertz CT molecular complexity index is 2120. The number of pyridine rings is 1. The van der Waals surface area contributed by atoms with Crippen molar-refractivity contribution in [3.63, 3.8) is 0 Å². The molecule has 0 saturated carbocycles. The zero-order valence-electron chi connectivity index (χ0n) is 30.5. The summed E-state index contributed by atoms with van der Waals surface area (Å²) in [6.07, 6.45) is 6.80. The van der Waals surface area contributed by atoms with Crippen molar-refractivity contribution < 1.29 is 14.3 Å². The van der Waals surface area contributed by atoms with Crippen molar-refractivity contribution in [3.8, 4) is 22.9 Å². The number of aromatic amines is 1. The fourth-order valence-corrected chi connectivity index (χ4v) is 8.33. The number of nitrogens with zero attached hydrogens (tertiary/aromatic N) is 7. The molecule has 0 unspecified atom stereocenters. The molecule has 8 rings (SSSR count). The van der Waals surface area contributed by atoms with E-state index in [4.69, 9.17) is 16.3 Å². The van der Waals surface area contributed by atoms with E-state index >= 15 is 0 Å². The van der Waals surface area contributed by atoms with Crippen LogP contribution in [-0.4, -0.2) is 91.7 Å². The number of nitrogens with one attached hydrogen (secondary N) is 2. The van der Waals surface area contributed by atoms with Crippen LogP contribution >= 0.6 is 11.6 Å². The third-order valence-electron chi connectivity index (χ3n) is 11.1. The molecular weight excluding hydrogens is 690 g/mol. The number of fused-ring (bicyclic) bond motifs is 1. The van der Waals surface area contributed by atoms with E-state index in [0.717, 1.165) is 75.5 Å². The van der Waals surface area contributed by atoms with Gasteiger partial charge in [-0.15, -0.1) is 0 Å². The molecule has 6 heterocycles. The van der Waals surface area contributed by atoms with E-state index < -0.39 is 0 Å². The number of hydrogen-bond donors (Lipinski definition) is 2. The summed E-state index contributed by atoms with van der Waals surface area (Å²) in [5.74, 6) is 1.95. The Kier molecular flexibility index (Phi) is 9.93. The second-order valence-electron chi connectivity index (χ2n) is 14.9. The van der Waals surface area contributed by atoms with Crippen molar-refractivity contribution in [2.45, 2.75) is 58.0 Å². The number of imidazole rings is 1. The number of anilines is 1. The van der Waals surface area contributed by atoms with Crippen molar-refractivity contribution in [2.75, 3.05) is 44.2 Å². The van der Waals surface area contributed by atoms with Gasteiger partial charge in [-0.25, -0.2) is 9.97 Å². The van der Waals surface area contributed by atoms with Crippen molar-refractivity contribution in [3.05, 3.63) is 82.8 Å². The Balaban J connectivity index is 0.822. The minimum Gasteiger partial charge on any atom is -0.453 e. The molecule has 0 aliphatic carbocycles. The summed E-state index contributed by atoms with van der Waals surface area (Å²) in [6, 6.07) is 17.1. The van der Waals surface area contributed by atoms with Gasteiger partial charge in [0.25, 0.3) is 0 Å². The van der Waals surface area contributed by atoms with Crippen LogP contribution in [0.25, 0.3) is 22.6 Å². The molecule has 12 nitrogen and oxygen atoms in total. The first-order valence-corrected chi connectivity index (χ1v) is 19.0. The van der Waals surface area contributed by atoms with Gasteiger partial charge >= 0.3 is 0 Å². The van der Waals surface area contributed by atoms with Crippen LogP contribution in [0.5, 0.6) is 11.5 Å². The first kappa shape index (κ1) is 35.3. The summed E-state index contributed by atoms with van der Waals surface area (Å²) in [7, 11) is 1.89. The highest BCUT2D eigenvalue weighted by atomic mass is 35.5. The lowest BCUT2D eigenvalue weighted by Gasteiger charge is -2.42. The Hall–Kier alpha value is -4.78. The maximum atomic E-state index is 12.4. The minimum absolute atomic E-state index is 0.172. The second-order valence-corrected chi connectivity index (χ2v) is 15.3. The topological polar surface area (TPSA) is 125 Å². The molecule has 3 saturated heterocycles. The fourth-order valence-electron chi connectivity index (χ4n) is 8.15. The van der Waals surface area contributed by atoms with Crippen LogP contribution in [0.3, 0.4) is 0 Å². The quantitative estimate of drug-likeness (QED) is 0.174. The summed E-state index contributed by atoms with van der Waals surface area (Å²) in [5, 5.41) is 7.34. The molecule has 2 atom stereocenters. The van der Waals surface area contributed by atoms with Crippen LogP contribution in [0.2, 0.25) is 5.02 Å². The van der Waals surface area contributed by atoms with E-state index in [2.05, 4.69) is 71.3 Å². The largest absolute Gasteiger partial charge is 0.453 e. The summed E-state index contributed by atoms with van der Waals surface area (Å²) >= 11 is 6.58. The highest BCUT2D eigenvalue weighted by Crippen LogP contribution is 2.36. The molecule has 3 fully saturated rings. The highest BCUT2D eigenvalue weighted by molar-refractivity contribution is 6.32. The van der Waals surface area contributed by atoms with Gasteiger partial charge in [-0.05, 0) is 74.4 Å². The SMILES string of the molecule is Cc1nn(C)cc1-c1nc2ncc(Cl)c(Oc3ccc(CN4CCN(CC5CCN(c6cccc([C@H]7CCC(=O)NC7=O)c6)CC5)C[C@H]4C)cc3)c2[nH]1. The lowest BCUT2D eigenvalue weighted by molar-refractivity contribution is -0.134. The number of rotatable bonds is 9. The number of halogens is 1. The molecule has 5 aromatic rings. The van der Waals surface area contributed by atoms with Crippen LogP contribution in [0.15, 0.2) is 60.9 Å². The zero-order valence-corrected chi connectivity index (χ0v) is 31.3. The first-order chi connectivity index (χ1) is 25.7. The number of aromatic nitrogens is 5. The molecule has 2 aromatic carbocycles. The number of aryl methyl sites for hydroxylation is 2. The summed E-state index contributed by atoms with van der Waals surface area (Å²) in [6.45, 7) is 11.5. The zero-order chi connectivity index (χ0) is 36.6. The molecule has 53 heavy (non-hydrogen) atoms. The van der Waals surface area contributed by atoms with E-state index in [1.807, 2.05) is 44.4 Å². The summed E-state index contributed by atoms with van der Waals surface area (Å²) < 4.78 is 8.08. The van der Waals surface area contributed by atoms with E-state index in [-0.39, 0.29) is 17.7 Å². The van der Waals surface area contributed by atoms with Crippen molar-refractivity contribution in [1.29, 1.82) is 0 Å². The number of carbonyl (C=O) groups excluding carboxylic acids is 2. The van der Waals surface area contributed by atoms with Gasteiger partial charge in [0.1, 0.15) is 22.1 Å². The Morgan fingerprint density at radius 3 is 2.57 bits per heavy atom. The third kappa shape index (κ3) is 7.67. The molecule has 0 spiro atoms. The molecular formula is C40H46ClN9O3. The molecule has 0 radical (unpaired) electrons. The number of ether oxygens (including phenoxy) is 1. The number of piperazine rings is 1. The van der Waals surface area contributed by atoms with Gasteiger partial charge in [0, 0.05) is 77.2 Å². The van der Waals surface area contributed by atoms with Gasteiger partial charge in [-0.1, -0.05) is 35.9 Å². The number of amides is 2. The Morgan fingerprint density at radius 1 is 1.02 bits per heavy atom. The number of hydrogen-bond acceptors (Lipinski definition) is 9. The van der Waals surface area contributed by atoms with Crippen LogP contribution in [-0.2, 0) is 23.2 Å². The second kappa shape index (κ2) is 14.9. The van der Waals surface area contributed by atoms with E-state index in [1.165, 1.54) is 11.3 Å². The van der Waals surface area contributed by atoms with Crippen molar-refractivity contribution in [1.82, 2.24) is 39.8 Å². The normalized spacial score (nSPS) is 20.6. The molecule has 3 aliphatic rings. The van der Waals surface area contributed by atoms with Gasteiger partial charge < -0.3 is 19.5 Å². The number of benzene rings is 2. The van der Waals surface area contributed by atoms with Gasteiger partial charge in [-0.3, -0.25) is 24.5 Å². The minimum atomic E-state index is -0.247. The number of H-pyrrole nitrogens is 1. The first-order valence-electron chi connectivity index (χ1n) is 18.6. The van der Waals surface area contributed by atoms with Crippen LogP contribution in [0, 0.1) is 12.8 Å². The molecule has 13 heteroatoms.